The Kier molecular flexibility index (Phi) is 3.76. The minimum Gasteiger partial charge on any atom is -0.338 e. The SMILES string of the molecule is Fc1ccc(-c2noc(CSc3ncnc4sccc34)n2)cc1. The molecule has 0 spiro atoms. The molecule has 0 saturated carbocycles. The van der Waals surface area contributed by atoms with E-state index in [-0.39, 0.29) is 5.82 Å². The molecule has 1 aromatic carbocycles. The fraction of sp³-hybridized carbons (Fsp3) is 0.0667. The average Bonchev–Trinajstić information content (AvgIpc) is 3.23. The number of hydrogen-bond donors (Lipinski definition) is 0. The van der Waals surface area contributed by atoms with E-state index >= 15 is 0 Å². The van der Waals surface area contributed by atoms with Crippen molar-refractivity contribution in [1.29, 1.82) is 0 Å². The van der Waals surface area contributed by atoms with Crippen molar-refractivity contribution in [3.8, 4) is 11.4 Å². The Morgan fingerprint density at radius 3 is 2.87 bits per heavy atom. The first kappa shape index (κ1) is 14.3. The third kappa shape index (κ3) is 2.95. The molecule has 0 radical (unpaired) electrons. The molecule has 0 amide bonds. The lowest BCUT2D eigenvalue weighted by Gasteiger charge is -1.98. The van der Waals surface area contributed by atoms with E-state index in [0.717, 1.165) is 15.2 Å². The zero-order valence-electron chi connectivity index (χ0n) is 11.6. The maximum absolute atomic E-state index is 12.9. The molecule has 0 saturated heterocycles. The highest BCUT2D eigenvalue weighted by Crippen LogP contribution is 2.29. The van der Waals surface area contributed by atoms with Crippen LogP contribution in [0.25, 0.3) is 21.6 Å². The number of hydrogen-bond acceptors (Lipinski definition) is 7. The molecule has 23 heavy (non-hydrogen) atoms. The predicted molar refractivity (Wildman–Crippen MR) is 86.7 cm³/mol. The van der Waals surface area contributed by atoms with Gasteiger partial charge in [0.2, 0.25) is 11.7 Å². The van der Waals surface area contributed by atoms with Gasteiger partial charge < -0.3 is 4.52 Å². The molecule has 0 unspecified atom stereocenters. The average molecular weight is 344 g/mol. The number of fused-ring (bicyclic) bond motifs is 1. The summed E-state index contributed by atoms with van der Waals surface area (Å²) in [7, 11) is 0. The van der Waals surface area contributed by atoms with Crippen LogP contribution in [-0.4, -0.2) is 20.1 Å². The second kappa shape index (κ2) is 6.05. The summed E-state index contributed by atoms with van der Waals surface area (Å²) in [6, 6.07) is 7.98. The number of halogens is 1. The highest BCUT2D eigenvalue weighted by Gasteiger charge is 2.11. The Labute approximate surface area is 138 Å². The van der Waals surface area contributed by atoms with Crippen LogP contribution in [0.4, 0.5) is 4.39 Å². The normalized spacial score (nSPS) is 11.2. The van der Waals surface area contributed by atoms with Gasteiger partial charge in [-0.25, -0.2) is 14.4 Å². The van der Waals surface area contributed by atoms with Crippen molar-refractivity contribution in [2.45, 2.75) is 10.8 Å². The number of benzene rings is 1. The third-order valence-electron chi connectivity index (χ3n) is 3.13. The Bertz CT molecular complexity index is 951. The summed E-state index contributed by atoms with van der Waals surface area (Å²) >= 11 is 3.10. The number of nitrogens with zero attached hydrogens (tertiary/aromatic N) is 4. The number of thioether (sulfide) groups is 1. The summed E-state index contributed by atoms with van der Waals surface area (Å²) in [6.45, 7) is 0. The molecule has 8 heteroatoms. The fourth-order valence-electron chi connectivity index (χ4n) is 2.04. The van der Waals surface area contributed by atoms with Gasteiger partial charge in [0, 0.05) is 10.9 Å². The first-order chi connectivity index (χ1) is 11.3. The molecule has 3 heterocycles. The van der Waals surface area contributed by atoms with Crippen LogP contribution in [0.3, 0.4) is 0 Å². The minimum atomic E-state index is -0.295. The van der Waals surface area contributed by atoms with Crippen molar-refractivity contribution < 1.29 is 8.91 Å². The van der Waals surface area contributed by atoms with Gasteiger partial charge in [0.05, 0.1) is 5.75 Å². The van der Waals surface area contributed by atoms with E-state index in [9.17, 15) is 4.39 Å². The van der Waals surface area contributed by atoms with Gasteiger partial charge in [0.25, 0.3) is 0 Å². The minimum absolute atomic E-state index is 0.295. The van der Waals surface area contributed by atoms with Gasteiger partial charge in [-0.3, -0.25) is 0 Å². The van der Waals surface area contributed by atoms with Gasteiger partial charge >= 0.3 is 0 Å². The summed E-state index contributed by atoms with van der Waals surface area (Å²) in [4.78, 5) is 13.8. The second-order valence-electron chi connectivity index (χ2n) is 4.63. The topological polar surface area (TPSA) is 64.7 Å². The maximum Gasteiger partial charge on any atom is 0.237 e. The lowest BCUT2D eigenvalue weighted by molar-refractivity contribution is 0.391. The second-order valence-corrected chi connectivity index (χ2v) is 6.48. The largest absolute Gasteiger partial charge is 0.338 e. The van der Waals surface area contributed by atoms with E-state index in [4.69, 9.17) is 4.52 Å². The van der Waals surface area contributed by atoms with Crippen molar-refractivity contribution in [3.05, 3.63) is 53.7 Å². The van der Waals surface area contributed by atoms with E-state index in [1.807, 2.05) is 11.4 Å². The van der Waals surface area contributed by atoms with Gasteiger partial charge in [0.15, 0.2) is 0 Å². The lowest BCUT2D eigenvalue weighted by Crippen LogP contribution is -1.86. The van der Waals surface area contributed by atoms with E-state index in [2.05, 4.69) is 20.1 Å². The highest BCUT2D eigenvalue weighted by atomic mass is 32.2. The molecular formula is C15H9FN4OS2. The monoisotopic (exact) mass is 344 g/mol. The Morgan fingerprint density at radius 2 is 2.00 bits per heavy atom. The zero-order valence-corrected chi connectivity index (χ0v) is 13.3. The van der Waals surface area contributed by atoms with Crippen molar-refractivity contribution in [2.75, 3.05) is 0 Å². The molecule has 4 aromatic rings. The van der Waals surface area contributed by atoms with E-state index in [1.54, 1.807) is 29.8 Å². The lowest BCUT2D eigenvalue weighted by atomic mass is 10.2. The Balaban J connectivity index is 1.52. The molecule has 0 fully saturated rings. The smallest absolute Gasteiger partial charge is 0.237 e. The van der Waals surface area contributed by atoms with Crippen LogP contribution in [0.1, 0.15) is 5.89 Å². The molecular weight excluding hydrogens is 335 g/mol. The van der Waals surface area contributed by atoms with E-state index in [1.165, 1.54) is 23.9 Å². The third-order valence-corrected chi connectivity index (χ3v) is 4.94. The molecule has 0 bridgehead atoms. The summed E-state index contributed by atoms with van der Waals surface area (Å²) in [6.07, 6.45) is 1.55. The van der Waals surface area contributed by atoms with Gasteiger partial charge in [-0.05, 0) is 35.7 Å². The highest BCUT2D eigenvalue weighted by molar-refractivity contribution is 7.98. The first-order valence-corrected chi connectivity index (χ1v) is 8.55. The van der Waals surface area contributed by atoms with Crippen LogP contribution in [0, 0.1) is 5.82 Å². The number of rotatable bonds is 4. The fourth-order valence-corrected chi connectivity index (χ4v) is 3.66. The van der Waals surface area contributed by atoms with Crippen LogP contribution in [0.15, 0.2) is 51.6 Å². The summed E-state index contributed by atoms with van der Waals surface area (Å²) < 4.78 is 18.2. The van der Waals surface area contributed by atoms with Crippen molar-refractivity contribution in [3.63, 3.8) is 0 Å². The van der Waals surface area contributed by atoms with E-state index < -0.39 is 0 Å². The summed E-state index contributed by atoms with van der Waals surface area (Å²) in [5.41, 5.74) is 0.716. The van der Waals surface area contributed by atoms with Crippen LogP contribution in [-0.2, 0) is 5.75 Å². The summed E-state index contributed by atoms with van der Waals surface area (Å²) in [5.74, 6) is 1.16. The van der Waals surface area contributed by atoms with Gasteiger partial charge in [-0.1, -0.05) is 16.9 Å². The van der Waals surface area contributed by atoms with Crippen LogP contribution in [0.5, 0.6) is 0 Å². The van der Waals surface area contributed by atoms with Crippen molar-refractivity contribution >= 4 is 33.3 Å². The molecule has 0 atom stereocenters. The molecule has 114 valence electrons. The quantitative estimate of drug-likeness (QED) is 0.409. The van der Waals surface area contributed by atoms with Gasteiger partial charge in [-0.15, -0.1) is 11.3 Å². The molecule has 0 N–H and O–H groups in total. The molecule has 5 nitrogen and oxygen atoms in total. The van der Waals surface area contributed by atoms with Crippen molar-refractivity contribution in [2.24, 2.45) is 0 Å². The number of thiophene rings is 1. The molecule has 4 rings (SSSR count). The molecule has 3 aromatic heterocycles. The van der Waals surface area contributed by atoms with Crippen LogP contribution >= 0.6 is 23.1 Å². The predicted octanol–water partition coefficient (Wildman–Crippen LogP) is 4.17. The summed E-state index contributed by atoms with van der Waals surface area (Å²) in [5, 5.41) is 7.83. The molecule has 0 aliphatic heterocycles. The zero-order chi connectivity index (χ0) is 15.6. The number of aromatic nitrogens is 4. The first-order valence-electron chi connectivity index (χ1n) is 6.69. The molecule has 0 aliphatic rings. The van der Waals surface area contributed by atoms with Gasteiger partial charge in [-0.2, -0.15) is 4.98 Å². The van der Waals surface area contributed by atoms with Crippen LogP contribution < -0.4 is 0 Å². The molecule has 0 aliphatic carbocycles. The van der Waals surface area contributed by atoms with E-state index in [0.29, 0.717) is 23.0 Å². The Hall–Kier alpha value is -2.32. The maximum atomic E-state index is 12.9. The standard InChI is InChI=1S/C15H9FN4OS2/c16-10-3-1-9(2-4-10)13-19-12(21-20-13)7-23-15-11-5-6-22-14(11)17-8-18-15/h1-6,8H,7H2. The van der Waals surface area contributed by atoms with Crippen LogP contribution in [0.2, 0.25) is 0 Å². The Morgan fingerprint density at radius 1 is 1.13 bits per heavy atom. The van der Waals surface area contributed by atoms with Crippen molar-refractivity contribution in [1.82, 2.24) is 20.1 Å². The van der Waals surface area contributed by atoms with Gasteiger partial charge in [0.1, 0.15) is 22.0 Å².